The Hall–Kier alpha value is -1.69. The predicted molar refractivity (Wildman–Crippen MR) is 70.0 cm³/mol. The summed E-state index contributed by atoms with van der Waals surface area (Å²) < 4.78 is 4.85. The van der Waals surface area contributed by atoms with Crippen LogP contribution >= 0.6 is 0 Å². The van der Waals surface area contributed by atoms with Crippen LogP contribution in [0.2, 0.25) is 0 Å². The number of nitrogens with zero attached hydrogens (tertiary/aromatic N) is 2. The Morgan fingerprint density at radius 1 is 1.53 bits per heavy atom. The van der Waals surface area contributed by atoms with Crippen molar-refractivity contribution in [3.05, 3.63) is 27.9 Å². The molecule has 0 saturated carbocycles. The molecule has 2 heterocycles. The molecule has 0 unspecified atom stereocenters. The number of piperidine rings is 1. The van der Waals surface area contributed by atoms with Crippen molar-refractivity contribution in [3.63, 3.8) is 0 Å². The first-order chi connectivity index (χ1) is 9.10. The van der Waals surface area contributed by atoms with Gasteiger partial charge in [-0.3, -0.25) is 9.59 Å². The molecule has 1 saturated heterocycles. The summed E-state index contributed by atoms with van der Waals surface area (Å²) in [6.07, 6.45) is 1.68. The molecule has 0 atom stereocenters. The van der Waals surface area contributed by atoms with Crippen molar-refractivity contribution >= 4 is 5.91 Å². The van der Waals surface area contributed by atoms with Crippen molar-refractivity contribution in [1.29, 1.82) is 0 Å². The van der Waals surface area contributed by atoms with Crippen LogP contribution in [0.1, 0.15) is 30.3 Å². The maximum Gasteiger partial charge on any atom is 0.251 e. The second kappa shape index (κ2) is 5.97. The maximum atomic E-state index is 11.7. The van der Waals surface area contributed by atoms with Crippen LogP contribution in [-0.4, -0.2) is 47.6 Å². The molecule has 0 aliphatic carbocycles. The van der Waals surface area contributed by atoms with E-state index in [1.165, 1.54) is 7.11 Å². The molecule has 0 aromatic carbocycles. The summed E-state index contributed by atoms with van der Waals surface area (Å²) in [5.41, 5.74) is 0.723. The molecule has 1 aromatic heterocycles. The smallest absolute Gasteiger partial charge is 0.251 e. The maximum absolute atomic E-state index is 11.7. The zero-order valence-corrected chi connectivity index (χ0v) is 11.3. The van der Waals surface area contributed by atoms with E-state index >= 15 is 0 Å². The van der Waals surface area contributed by atoms with E-state index in [1.54, 1.807) is 17.9 Å². The van der Waals surface area contributed by atoms with E-state index in [2.05, 4.69) is 9.97 Å². The summed E-state index contributed by atoms with van der Waals surface area (Å²) in [6.45, 7) is 3.30. The van der Waals surface area contributed by atoms with Gasteiger partial charge in [-0.05, 0) is 19.8 Å². The van der Waals surface area contributed by atoms with Gasteiger partial charge in [0.05, 0.1) is 5.69 Å². The van der Waals surface area contributed by atoms with Gasteiger partial charge in [0.25, 0.3) is 5.56 Å². The average molecular weight is 265 g/mol. The van der Waals surface area contributed by atoms with Crippen molar-refractivity contribution < 1.29 is 9.53 Å². The first kappa shape index (κ1) is 13.7. The third-order valence-electron chi connectivity index (χ3n) is 3.41. The first-order valence-corrected chi connectivity index (χ1v) is 6.44. The molecule has 6 nitrogen and oxygen atoms in total. The quantitative estimate of drug-likeness (QED) is 0.860. The second-order valence-electron chi connectivity index (χ2n) is 4.84. The molecule has 6 heteroatoms. The van der Waals surface area contributed by atoms with Crippen LogP contribution in [-0.2, 0) is 9.53 Å². The van der Waals surface area contributed by atoms with Gasteiger partial charge in [-0.2, -0.15) is 0 Å². The minimum atomic E-state index is -0.111. The Labute approximate surface area is 111 Å². The number of amides is 1. The van der Waals surface area contributed by atoms with E-state index in [0.717, 1.165) is 18.5 Å². The van der Waals surface area contributed by atoms with E-state index < -0.39 is 0 Å². The van der Waals surface area contributed by atoms with Gasteiger partial charge in [0.1, 0.15) is 12.4 Å². The molecular formula is C13H19N3O3. The number of likely N-dealkylation sites (tertiary alicyclic amines) is 1. The van der Waals surface area contributed by atoms with Crippen LogP contribution < -0.4 is 5.56 Å². The number of H-pyrrole nitrogens is 1. The summed E-state index contributed by atoms with van der Waals surface area (Å²) in [7, 11) is 1.52. The third-order valence-corrected chi connectivity index (χ3v) is 3.41. The van der Waals surface area contributed by atoms with Crippen LogP contribution in [0.25, 0.3) is 0 Å². The monoisotopic (exact) mass is 265 g/mol. The molecule has 0 bridgehead atoms. The highest BCUT2D eigenvalue weighted by Crippen LogP contribution is 2.25. The molecule has 1 aliphatic heterocycles. The van der Waals surface area contributed by atoms with Crippen LogP contribution in [0.5, 0.6) is 0 Å². The zero-order valence-electron chi connectivity index (χ0n) is 11.3. The normalized spacial score (nSPS) is 16.6. The third kappa shape index (κ3) is 3.41. The van der Waals surface area contributed by atoms with Gasteiger partial charge in [0.15, 0.2) is 0 Å². The number of ether oxygens (including phenoxy) is 1. The number of carbonyl (C=O) groups excluding carboxylic acids is 1. The Bertz CT molecular complexity index is 504. The lowest BCUT2D eigenvalue weighted by Crippen LogP contribution is -2.40. The van der Waals surface area contributed by atoms with Gasteiger partial charge in [0, 0.05) is 32.2 Å². The number of aromatic nitrogens is 2. The Morgan fingerprint density at radius 2 is 2.21 bits per heavy atom. The van der Waals surface area contributed by atoms with Crippen molar-refractivity contribution in [1.82, 2.24) is 14.9 Å². The van der Waals surface area contributed by atoms with Crippen molar-refractivity contribution in [2.24, 2.45) is 0 Å². The summed E-state index contributed by atoms with van der Waals surface area (Å²) in [6, 6.07) is 1.56. The van der Waals surface area contributed by atoms with Crippen LogP contribution in [0.15, 0.2) is 10.9 Å². The number of aromatic amines is 1. The topological polar surface area (TPSA) is 75.3 Å². The number of methoxy groups -OCH3 is 1. The Morgan fingerprint density at radius 3 is 2.79 bits per heavy atom. The van der Waals surface area contributed by atoms with E-state index in [1.807, 2.05) is 0 Å². The van der Waals surface area contributed by atoms with Gasteiger partial charge in [0.2, 0.25) is 5.91 Å². The number of nitrogens with one attached hydrogen (secondary N) is 1. The number of carbonyl (C=O) groups is 1. The molecule has 19 heavy (non-hydrogen) atoms. The molecule has 1 aliphatic rings. The van der Waals surface area contributed by atoms with Crippen molar-refractivity contribution in [3.8, 4) is 0 Å². The fourth-order valence-corrected chi connectivity index (χ4v) is 2.45. The molecule has 1 amide bonds. The summed E-state index contributed by atoms with van der Waals surface area (Å²) >= 11 is 0. The van der Waals surface area contributed by atoms with Gasteiger partial charge in [-0.1, -0.05) is 0 Å². The summed E-state index contributed by atoms with van der Waals surface area (Å²) in [5, 5.41) is 0. The van der Waals surface area contributed by atoms with Crippen molar-refractivity contribution in [2.75, 3.05) is 26.8 Å². The number of hydrogen-bond acceptors (Lipinski definition) is 4. The number of hydrogen-bond donors (Lipinski definition) is 1. The predicted octanol–water partition coefficient (Wildman–Crippen LogP) is 0.431. The number of aryl methyl sites for hydroxylation is 1. The molecule has 1 aromatic rings. The SMILES string of the molecule is COCC(=O)N1CCC(c2cc(=O)[nH]c(C)n2)CC1. The Balaban J connectivity index is 1.99. The van der Waals surface area contributed by atoms with E-state index in [9.17, 15) is 9.59 Å². The minimum absolute atomic E-state index is 0.0241. The summed E-state index contributed by atoms with van der Waals surface area (Å²) in [4.78, 5) is 31.9. The largest absolute Gasteiger partial charge is 0.375 e. The highest BCUT2D eigenvalue weighted by atomic mass is 16.5. The molecular weight excluding hydrogens is 246 g/mol. The Kier molecular flexibility index (Phi) is 4.31. The zero-order chi connectivity index (χ0) is 13.8. The lowest BCUT2D eigenvalue weighted by Gasteiger charge is -2.31. The van der Waals surface area contributed by atoms with E-state index in [-0.39, 0.29) is 24.0 Å². The lowest BCUT2D eigenvalue weighted by atomic mass is 9.93. The number of rotatable bonds is 3. The molecule has 1 fully saturated rings. The van der Waals surface area contributed by atoms with Gasteiger partial charge in [-0.25, -0.2) is 4.98 Å². The van der Waals surface area contributed by atoms with Crippen LogP contribution in [0, 0.1) is 6.92 Å². The average Bonchev–Trinajstić information content (AvgIpc) is 2.38. The van der Waals surface area contributed by atoms with Gasteiger partial charge in [-0.15, -0.1) is 0 Å². The molecule has 104 valence electrons. The van der Waals surface area contributed by atoms with E-state index in [0.29, 0.717) is 18.9 Å². The molecule has 1 N–H and O–H groups in total. The fraction of sp³-hybridized carbons (Fsp3) is 0.615. The first-order valence-electron chi connectivity index (χ1n) is 6.44. The highest BCUT2D eigenvalue weighted by Gasteiger charge is 2.24. The highest BCUT2D eigenvalue weighted by molar-refractivity contribution is 5.77. The van der Waals surface area contributed by atoms with Crippen LogP contribution in [0.4, 0.5) is 0 Å². The van der Waals surface area contributed by atoms with Gasteiger partial charge >= 0.3 is 0 Å². The standard InChI is InChI=1S/C13H19N3O3/c1-9-14-11(7-12(17)15-9)10-3-5-16(6-4-10)13(18)8-19-2/h7,10H,3-6,8H2,1-2H3,(H,14,15,17). The minimum Gasteiger partial charge on any atom is -0.375 e. The second-order valence-corrected chi connectivity index (χ2v) is 4.84. The lowest BCUT2D eigenvalue weighted by molar-refractivity contribution is -0.136. The van der Waals surface area contributed by atoms with Crippen molar-refractivity contribution in [2.45, 2.75) is 25.7 Å². The summed E-state index contributed by atoms with van der Waals surface area (Å²) in [5.74, 6) is 0.920. The molecule has 0 radical (unpaired) electrons. The van der Waals surface area contributed by atoms with Gasteiger partial charge < -0.3 is 14.6 Å². The molecule has 0 spiro atoms. The van der Waals surface area contributed by atoms with E-state index in [4.69, 9.17) is 4.74 Å². The fourth-order valence-electron chi connectivity index (χ4n) is 2.45. The van der Waals surface area contributed by atoms with Crippen LogP contribution in [0.3, 0.4) is 0 Å². The molecule has 2 rings (SSSR count).